The van der Waals surface area contributed by atoms with Gasteiger partial charge in [-0.2, -0.15) is 0 Å². The van der Waals surface area contributed by atoms with Crippen LogP contribution < -0.4 is 0 Å². The van der Waals surface area contributed by atoms with Crippen LogP contribution in [0.25, 0.3) is 0 Å². The van der Waals surface area contributed by atoms with Crippen LogP contribution in [-0.4, -0.2) is 76.5 Å². The van der Waals surface area contributed by atoms with Gasteiger partial charge in [-0.15, -0.1) is 40.5 Å². The van der Waals surface area contributed by atoms with Crippen LogP contribution in [0.1, 0.15) is 27.7 Å². The van der Waals surface area contributed by atoms with Crippen LogP contribution in [0.15, 0.2) is 0 Å². The van der Waals surface area contributed by atoms with Gasteiger partial charge in [0.15, 0.2) is 12.4 Å². The molecule has 35 heavy (non-hydrogen) atoms. The summed E-state index contributed by atoms with van der Waals surface area (Å²) < 4.78 is 17.2. The molecule has 2 rings (SSSR count). The predicted octanol–water partition coefficient (Wildman–Crippen LogP) is 0.363. The molecule has 0 N–H and O–H groups in total. The van der Waals surface area contributed by atoms with E-state index >= 15 is 0 Å². The van der Waals surface area contributed by atoms with E-state index < -0.39 is 94.2 Å². The summed E-state index contributed by atoms with van der Waals surface area (Å²) in [5, 5.41) is 39.2. The summed E-state index contributed by atoms with van der Waals surface area (Å²) in [6, 6.07) is 0. The topological polar surface area (TPSA) is 237 Å². The lowest BCUT2D eigenvalue weighted by molar-refractivity contribution is -0.779. The number of ether oxygens (including phenoxy) is 3. The van der Waals surface area contributed by atoms with Crippen LogP contribution in [0.5, 0.6) is 0 Å². The molecule has 200 valence electrons. The van der Waals surface area contributed by atoms with Crippen molar-refractivity contribution < 1.29 is 53.9 Å². The Hall–Kier alpha value is -3.32. The third-order valence-corrected chi connectivity index (χ3v) is 6.16. The number of nitrogens with zero attached hydrogens (tertiary/aromatic N) is 4. The Morgan fingerprint density at radius 2 is 1.14 bits per heavy atom. The van der Waals surface area contributed by atoms with E-state index in [-0.39, 0.29) is 0 Å². The third kappa shape index (κ3) is 7.33. The number of hydrogen-bond donors (Lipinski definition) is 0. The van der Waals surface area contributed by atoms with Crippen molar-refractivity contribution in [3.8, 4) is 0 Å². The van der Waals surface area contributed by atoms with Gasteiger partial charge in [0.2, 0.25) is 0 Å². The summed E-state index contributed by atoms with van der Waals surface area (Å²) in [7, 11) is 0. The summed E-state index contributed by atoms with van der Waals surface area (Å²) in [5.74, 6) is -2.01. The molecule has 0 bridgehead atoms. The molecular weight excluding hydrogens is 488 g/mol. The molecule has 19 nitrogen and oxygen atoms in total. The van der Waals surface area contributed by atoms with Gasteiger partial charge in [0, 0.05) is 5.92 Å². The maximum Gasteiger partial charge on any atom is 0.294 e. The minimum absolute atomic E-state index is 0.515. The Morgan fingerprint density at radius 3 is 1.66 bits per heavy atom. The molecule has 2 saturated heterocycles. The van der Waals surface area contributed by atoms with Gasteiger partial charge in [-0.3, -0.25) is 0 Å². The van der Waals surface area contributed by atoms with E-state index in [0.717, 1.165) is 0 Å². The van der Waals surface area contributed by atoms with Gasteiger partial charge in [-0.25, -0.2) is 0 Å². The van der Waals surface area contributed by atoms with Crippen molar-refractivity contribution in [3.63, 3.8) is 0 Å². The van der Waals surface area contributed by atoms with E-state index in [1.54, 1.807) is 13.8 Å². The molecule has 4 unspecified atom stereocenters. The van der Waals surface area contributed by atoms with E-state index in [9.17, 15) is 40.5 Å². The normalized spacial score (nSPS) is 37.0. The van der Waals surface area contributed by atoms with Crippen molar-refractivity contribution in [1.82, 2.24) is 0 Å². The fraction of sp³-hybridized carbons (Fsp3) is 1.00. The Kier molecular flexibility index (Phi) is 9.48. The SMILES string of the molecule is C[C@@H]1OC(CO[N+](=O)[O-])[C@@H](O[C@@H]2OC(CO[N+](=O)[O-])[C@@H](C)[C@H](C)C2O[N+](=O)[O-])[C@H](C)C1O[N+](=O)[O-]. The first-order chi connectivity index (χ1) is 16.3. The third-order valence-electron chi connectivity index (χ3n) is 6.16. The zero-order chi connectivity index (χ0) is 26.4. The molecule has 0 spiro atoms. The summed E-state index contributed by atoms with van der Waals surface area (Å²) in [4.78, 5) is 61.7. The van der Waals surface area contributed by atoms with E-state index in [1.807, 2.05) is 0 Å². The highest BCUT2D eigenvalue weighted by Crippen LogP contribution is 2.37. The van der Waals surface area contributed by atoms with Crippen molar-refractivity contribution in [1.29, 1.82) is 0 Å². The summed E-state index contributed by atoms with van der Waals surface area (Å²) in [5.41, 5.74) is 0. The predicted molar refractivity (Wildman–Crippen MR) is 105 cm³/mol. The zero-order valence-electron chi connectivity index (χ0n) is 19.1. The Balaban J connectivity index is 2.34. The van der Waals surface area contributed by atoms with Crippen LogP contribution in [0.2, 0.25) is 0 Å². The molecule has 2 fully saturated rings. The fourth-order valence-corrected chi connectivity index (χ4v) is 4.24. The van der Waals surface area contributed by atoms with Crippen LogP contribution in [0, 0.1) is 58.2 Å². The van der Waals surface area contributed by atoms with Gasteiger partial charge >= 0.3 is 0 Å². The van der Waals surface area contributed by atoms with E-state index in [0.29, 0.717) is 0 Å². The Morgan fingerprint density at radius 1 is 0.629 bits per heavy atom. The molecule has 0 amide bonds. The minimum atomic E-state index is -1.54. The standard InChI is InChI=1S/C16H26N4O15/c1-7-8(2)15(35-20(27)28)16(32-11(7)5-29-17(21)22)33-14-9(3)13(34-19(25)26)10(4)31-12(14)6-30-18(23)24/h7-16H,5-6H2,1-4H3/t7-,8-,9+,10-,11?,12?,13?,14-,15?,16-/m0/s1. The van der Waals surface area contributed by atoms with Crippen molar-refractivity contribution in [2.24, 2.45) is 17.8 Å². The molecule has 0 aromatic heterocycles. The monoisotopic (exact) mass is 514 g/mol. The second-order valence-electron chi connectivity index (χ2n) is 8.23. The lowest BCUT2D eigenvalue weighted by Gasteiger charge is -2.48. The highest BCUT2D eigenvalue weighted by atomic mass is 17.0. The van der Waals surface area contributed by atoms with Crippen molar-refractivity contribution in [3.05, 3.63) is 40.5 Å². The fourth-order valence-electron chi connectivity index (χ4n) is 4.24. The molecule has 0 radical (unpaired) electrons. The maximum absolute atomic E-state index is 11.1. The van der Waals surface area contributed by atoms with Crippen molar-refractivity contribution in [2.45, 2.75) is 70.6 Å². The van der Waals surface area contributed by atoms with Gasteiger partial charge in [0.1, 0.15) is 25.4 Å². The van der Waals surface area contributed by atoms with Crippen molar-refractivity contribution in [2.75, 3.05) is 13.2 Å². The van der Waals surface area contributed by atoms with Crippen molar-refractivity contribution >= 4 is 0 Å². The first-order valence-corrected chi connectivity index (χ1v) is 10.4. The smallest absolute Gasteiger partial charge is 0.294 e. The lowest BCUT2D eigenvalue weighted by Crippen LogP contribution is -2.60. The molecular formula is C16H26N4O15. The van der Waals surface area contributed by atoms with E-state index in [4.69, 9.17) is 23.9 Å². The minimum Gasteiger partial charge on any atom is -0.368 e. The van der Waals surface area contributed by atoms with Gasteiger partial charge in [0.25, 0.3) is 20.3 Å². The second-order valence-corrected chi connectivity index (χ2v) is 8.23. The highest BCUT2D eigenvalue weighted by Gasteiger charge is 2.50. The largest absolute Gasteiger partial charge is 0.368 e. The molecule has 0 aromatic carbocycles. The van der Waals surface area contributed by atoms with Crippen LogP contribution in [0.3, 0.4) is 0 Å². The van der Waals surface area contributed by atoms with Gasteiger partial charge in [-0.05, 0) is 18.8 Å². The lowest BCUT2D eigenvalue weighted by atomic mass is 9.83. The molecule has 0 aliphatic carbocycles. The summed E-state index contributed by atoms with van der Waals surface area (Å²) in [6.45, 7) is 4.98. The van der Waals surface area contributed by atoms with E-state index in [2.05, 4.69) is 9.68 Å². The first kappa shape index (κ1) is 27.9. The summed E-state index contributed by atoms with van der Waals surface area (Å²) in [6.07, 6.45) is -8.29. The van der Waals surface area contributed by atoms with Crippen LogP contribution in [0.4, 0.5) is 0 Å². The number of rotatable bonds is 12. The molecule has 0 saturated carbocycles. The van der Waals surface area contributed by atoms with Gasteiger partial charge in [-0.1, -0.05) is 20.8 Å². The Bertz CT molecular complexity index is 782. The first-order valence-electron chi connectivity index (χ1n) is 10.4. The zero-order valence-corrected chi connectivity index (χ0v) is 19.1. The molecule has 10 atom stereocenters. The number of hydrogen-bond acceptors (Lipinski definition) is 15. The van der Waals surface area contributed by atoms with Crippen LogP contribution >= 0.6 is 0 Å². The summed E-state index contributed by atoms with van der Waals surface area (Å²) >= 11 is 0. The van der Waals surface area contributed by atoms with Gasteiger partial charge < -0.3 is 33.6 Å². The average molecular weight is 514 g/mol. The molecule has 2 aliphatic heterocycles. The molecule has 2 aliphatic rings. The van der Waals surface area contributed by atoms with Gasteiger partial charge in [0.05, 0.1) is 18.3 Å². The Labute approximate surface area is 196 Å². The molecule has 2 heterocycles. The second kappa shape index (κ2) is 11.9. The average Bonchev–Trinajstić information content (AvgIpc) is 2.75. The van der Waals surface area contributed by atoms with Crippen LogP contribution in [-0.2, 0) is 33.6 Å². The maximum atomic E-state index is 11.1. The molecule has 0 aromatic rings. The quantitative estimate of drug-likeness (QED) is 0.252. The highest BCUT2D eigenvalue weighted by molar-refractivity contribution is 4.92. The van der Waals surface area contributed by atoms with E-state index in [1.165, 1.54) is 13.8 Å². The molecule has 19 heteroatoms.